The number of carbonyl (C=O) groups excluding carboxylic acids is 1. The van der Waals surface area contributed by atoms with Crippen molar-refractivity contribution in [1.29, 1.82) is 0 Å². The molecular formula is C15H18F3N5O4S. The minimum atomic E-state index is -4.52. The van der Waals surface area contributed by atoms with Crippen LogP contribution in [0.2, 0.25) is 0 Å². The van der Waals surface area contributed by atoms with Gasteiger partial charge in [-0.05, 0) is 18.2 Å². The van der Waals surface area contributed by atoms with Crippen LogP contribution in [0.25, 0.3) is 10.9 Å². The molecule has 28 heavy (non-hydrogen) atoms. The van der Waals surface area contributed by atoms with Crippen LogP contribution in [0.4, 0.5) is 18.9 Å². The van der Waals surface area contributed by atoms with E-state index in [1.165, 1.54) is 16.7 Å². The average molecular weight is 421 g/mol. The molecule has 1 aromatic heterocycles. The van der Waals surface area contributed by atoms with E-state index < -0.39 is 33.7 Å². The first-order chi connectivity index (χ1) is 12.7. The number of amides is 1. The lowest BCUT2D eigenvalue weighted by atomic mass is 10.1. The highest BCUT2D eigenvalue weighted by molar-refractivity contribution is 7.85. The van der Waals surface area contributed by atoms with Gasteiger partial charge in [-0.1, -0.05) is 0 Å². The first-order valence-electron chi connectivity index (χ1n) is 7.71. The lowest BCUT2D eigenvalue weighted by Crippen LogP contribution is -2.29. The van der Waals surface area contributed by atoms with Crippen LogP contribution in [0.5, 0.6) is 0 Å². The highest BCUT2D eigenvalue weighted by atomic mass is 32.2. The summed E-state index contributed by atoms with van der Waals surface area (Å²) in [5.41, 5.74) is 10.6. The van der Waals surface area contributed by atoms with Gasteiger partial charge in [0.2, 0.25) is 0 Å². The molecule has 2 heterocycles. The van der Waals surface area contributed by atoms with Crippen molar-refractivity contribution < 1.29 is 30.9 Å². The Hall–Kier alpha value is -2.80. The Bertz CT molecular complexity index is 1050. The van der Waals surface area contributed by atoms with E-state index in [-0.39, 0.29) is 11.1 Å². The van der Waals surface area contributed by atoms with Crippen LogP contribution in [0.15, 0.2) is 23.2 Å². The molecule has 0 fully saturated rings. The molecule has 0 unspecified atom stereocenters. The summed E-state index contributed by atoms with van der Waals surface area (Å²) < 4.78 is 67.1. The standard InChI is InChI=1S/C14H14F3N5O.CH4O3S/c1-21-4-5-22-10(12(23)20-13(18)19)6-7-8(14(15,16)17)2-3-9(21)11(7)22;1-5(2,3)4/h2-3,6H,4-5H2,1H3,(H4,18,19,20,23);1H3,(H,2,3,4). The monoisotopic (exact) mass is 421 g/mol. The van der Waals surface area contributed by atoms with Crippen molar-refractivity contribution in [3.8, 4) is 0 Å². The molecule has 0 saturated heterocycles. The first kappa shape index (κ1) is 21.5. The fraction of sp³-hybridized carbons (Fsp3) is 0.333. The van der Waals surface area contributed by atoms with Crippen molar-refractivity contribution in [2.75, 3.05) is 24.7 Å². The van der Waals surface area contributed by atoms with Gasteiger partial charge in [0, 0.05) is 25.5 Å². The third-order valence-electron chi connectivity index (χ3n) is 3.86. The van der Waals surface area contributed by atoms with Crippen molar-refractivity contribution in [3.63, 3.8) is 0 Å². The molecule has 1 aromatic carbocycles. The summed E-state index contributed by atoms with van der Waals surface area (Å²) in [4.78, 5) is 17.4. The maximum Gasteiger partial charge on any atom is 0.417 e. The molecule has 0 bridgehead atoms. The lowest BCUT2D eigenvalue weighted by molar-refractivity contribution is -0.136. The fourth-order valence-electron chi connectivity index (χ4n) is 2.87. The predicted molar refractivity (Wildman–Crippen MR) is 97.8 cm³/mol. The summed E-state index contributed by atoms with van der Waals surface area (Å²) in [6.45, 7) is 0.930. The van der Waals surface area contributed by atoms with Crippen molar-refractivity contribution in [3.05, 3.63) is 29.5 Å². The number of aliphatic imine (C=N–C) groups is 1. The molecular weight excluding hydrogens is 403 g/mol. The molecule has 9 nitrogen and oxygen atoms in total. The number of rotatable bonds is 1. The Kier molecular flexibility index (Phi) is 5.62. The number of anilines is 1. The van der Waals surface area contributed by atoms with E-state index >= 15 is 0 Å². The molecule has 1 aliphatic heterocycles. The Morgan fingerprint density at radius 2 is 1.82 bits per heavy atom. The van der Waals surface area contributed by atoms with Gasteiger partial charge in [0.15, 0.2) is 5.96 Å². The Morgan fingerprint density at radius 1 is 1.25 bits per heavy atom. The molecule has 1 amide bonds. The van der Waals surface area contributed by atoms with Crippen molar-refractivity contribution >= 4 is 38.6 Å². The van der Waals surface area contributed by atoms with Gasteiger partial charge in [0.1, 0.15) is 5.69 Å². The van der Waals surface area contributed by atoms with Gasteiger partial charge in [0.25, 0.3) is 16.0 Å². The Labute approximate surface area is 158 Å². The number of nitrogens with two attached hydrogens (primary N) is 2. The molecule has 3 rings (SSSR count). The highest BCUT2D eigenvalue weighted by Crippen LogP contribution is 2.41. The van der Waals surface area contributed by atoms with Gasteiger partial charge in [0.05, 0.1) is 23.0 Å². The van der Waals surface area contributed by atoms with E-state index in [0.717, 1.165) is 6.07 Å². The summed E-state index contributed by atoms with van der Waals surface area (Å²) in [7, 11) is -1.88. The van der Waals surface area contributed by atoms with Crippen LogP contribution in [-0.4, -0.2) is 49.3 Å². The largest absolute Gasteiger partial charge is 0.417 e. The average Bonchev–Trinajstić information content (AvgIpc) is 2.88. The van der Waals surface area contributed by atoms with Gasteiger partial charge >= 0.3 is 6.18 Å². The van der Waals surface area contributed by atoms with Crippen LogP contribution in [-0.2, 0) is 22.8 Å². The van der Waals surface area contributed by atoms with Gasteiger partial charge in [-0.3, -0.25) is 9.35 Å². The van der Waals surface area contributed by atoms with Gasteiger partial charge in [-0.2, -0.15) is 26.6 Å². The van der Waals surface area contributed by atoms with Gasteiger partial charge in [-0.25, -0.2) is 0 Å². The van der Waals surface area contributed by atoms with E-state index in [0.29, 0.717) is 30.5 Å². The maximum absolute atomic E-state index is 13.2. The number of alkyl halides is 3. The maximum atomic E-state index is 13.2. The van der Waals surface area contributed by atoms with Gasteiger partial charge < -0.3 is 20.9 Å². The quantitative estimate of drug-likeness (QED) is 0.354. The smallest absolute Gasteiger partial charge is 0.371 e. The molecule has 0 spiro atoms. The molecule has 0 radical (unpaired) electrons. The van der Waals surface area contributed by atoms with Crippen LogP contribution in [0.1, 0.15) is 16.1 Å². The summed E-state index contributed by atoms with van der Waals surface area (Å²) in [6, 6.07) is 3.64. The second-order valence-corrected chi connectivity index (χ2v) is 7.54. The molecule has 154 valence electrons. The van der Waals surface area contributed by atoms with Crippen molar-refractivity contribution in [2.45, 2.75) is 12.7 Å². The zero-order valence-corrected chi connectivity index (χ0v) is 15.7. The van der Waals surface area contributed by atoms with E-state index in [1.807, 2.05) is 4.90 Å². The molecule has 5 N–H and O–H groups in total. The van der Waals surface area contributed by atoms with Crippen LogP contribution in [0.3, 0.4) is 0 Å². The zero-order chi connectivity index (χ0) is 21.4. The number of hydrogen-bond donors (Lipinski definition) is 3. The fourth-order valence-corrected chi connectivity index (χ4v) is 2.87. The number of aromatic nitrogens is 1. The SMILES string of the molecule is CN1CCn2c(C(=O)N=C(N)N)cc3c(C(F)(F)F)ccc1c32.CS(=O)(=O)O. The number of guanidine groups is 1. The Balaban J connectivity index is 0.000000500. The molecule has 2 aromatic rings. The third-order valence-corrected chi connectivity index (χ3v) is 3.86. The Morgan fingerprint density at radius 3 is 2.32 bits per heavy atom. The molecule has 0 saturated carbocycles. The lowest BCUT2D eigenvalue weighted by Gasteiger charge is -2.28. The van der Waals surface area contributed by atoms with E-state index in [1.54, 1.807) is 7.05 Å². The summed E-state index contributed by atoms with van der Waals surface area (Å²) in [5.74, 6) is -1.19. The molecule has 0 atom stereocenters. The summed E-state index contributed by atoms with van der Waals surface area (Å²) in [5, 5.41) is -0.0318. The number of nitrogens with zero attached hydrogens (tertiary/aromatic N) is 3. The summed E-state index contributed by atoms with van der Waals surface area (Å²) >= 11 is 0. The van der Waals surface area contributed by atoms with Crippen molar-refractivity contribution in [1.82, 2.24) is 4.57 Å². The third kappa shape index (κ3) is 4.72. The second-order valence-electron chi connectivity index (χ2n) is 6.07. The van der Waals surface area contributed by atoms with E-state index in [9.17, 15) is 26.4 Å². The molecule has 13 heteroatoms. The number of hydrogen-bond acceptors (Lipinski definition) is 4. The van der Waals surface area contributed by atoms with E-state index in [4.69, 9.17) is 16.0 Å². The summed E-state index contributed by atoms with van der Waals surface area (Å²) in [6.07, 6.45) is -3.80. The minimum absolute atomic E-state index is 0.0318. The normalized spacial score (nSPS) is 13.7. The van der Waals surface area contributed by atoms with Crippen LogP contribution >= 0.6 is 0 Å². The number of halogens is 3. The van der Waals surface area contributed by atoms with Crippen LogP contribution < -0.4 is 16.4 Å². The second kappa shape index (κ2) is 7.31. The zero-order valence-electron chi connectivity index (χ0n) is 14.9. The van der Waals surface area contributed by atoms with Crippen molar-refractivity contribution in [2.24, 2.45) is 16.5 Å². The molecule has 1 aliphatic rings. The highest BCUT2D eigenvalue weighted by Gasteiger charge is 2.35. The first-order valence-corrected chi connectivity index (χ1v) is 9.56. The number of carbonyl (C=O) groups is 1. The topological polar surface area (TPSA) is 144 Å². The number of benzene rings is 1. The van der Waals surface area contributed by atoms with Crippen LogP contribution in [0, 0.1) is 0 Å². The molecule has 0 aliphatic carbocycles. The predicted octanol–water partition coefficient (Wildman–Crippen LogP) is 1.03. The van der Waals surface area contributed by atoms with Gasteiger partial charge in [-0.15, -0.1) is 0 Å². The number of likely N-dealkylation sites (N-methyl/N-ethyl adjacent to an activating group) is 1. The minimum Gasteiger partial charge on any atom is -0.371 e. The van der Waals surface area contributed by atoms with E-state index in [2.05, 4.69) is 4.99 Å².